The topological polar surface area (TPSA) is 15.3 Å². The van der Waals surface area contributed by atoms with Crippen LogP contribution in [0, 0.1) is 11.7 Å². The van der Waals surface area contributed by atoms with Crippen molar-refractivity contribution in [3.05, 3.63) is 34.6 Å². The molecule has 2 nitrogen and oxygen atoms in total. The largest absolute Gasteiger partial charge is 0.314 e. The van der Waals surface area contributed by atoms with Gasteiger partial charge in [0, 0.05) is 37.2 Å². The number of hydrogen-bond donors (Lipinski definition) is 1. The maximum absolute atomic E-state index is 13.6. The molecule has 104 valence electrons. The van der Waals surface area contributed by atoms with Crippen LogP contribution in [0.2, 0.25) is 5.02 Å². The van der Waals surface area contributed by atoms with Crippen LogP contribution < -0.4 is 5.32 Å². The van der Waals surface area contributed by atoms with Gasteiger partial charge in [0.2, 0.25) is 0 Å². The Bertz CT molecular complexity index is 422. The van der Waals surface area contributed by atoms with Crippen molar-refractivity contribution in [2.75, 3.05) is 26.2 Å². The van der Waals surface area contributed by atoms with Crippen molar-refractivity contribution in [3.63, 3.8) is 0 Å². The molecule has 0 aromatic heterocycles. The standard InChI is InChI=1S/C15H20ClFN2/c16-13-8-12(9-14(17)10-13)15(7-11-1-2-11)19-5-3-18-4-6-19/h8-11,15,18H,1-7H2/t15-/m0/s1. The molecule has 1 heterocycles. The molecular weight excluding hydrogens is 263 g/mol. The summed E-state index contributed by atoms with van der Waals surface area (Å²) in [6.07, 6.45) is 3.79. The second-order valence-electron chi connectivity index (χ2n) is 5.68. The van der Waals surface area contributed by atoms with Gasteiger partial charge in [-0.05, 0) is 36.1 Å². The zero-order valence-electron chi connectivity index (χ0n) is 11.0. The van der Waals surface area contributed by atoms with Gasteiger partial charge in [-0.25, -0.2) is 4.39 Å². The number of piperazine rings is 1. The molecular formula is C15H20ClFN2. The smallest absolute Gasteiger partial charge is 0.125 e. The molecule has 2 fully saturated rings. The predicted molar refractivity (Wildman–Crippen MR) is 75.9 cm³/mol. The first kappa shape index (κ1) is 13.3. The van der Waals surface area contributed by atoms with E-state index in [1.54, 1.807) is 6.07 Å². The minimum Gasteiger partial charge on any atom is -0.314 e. The highest BCUT2D eigenvalue weighted by molar-refractivity contribution is 6.30. The maximum atomic E-state index is 13.6. The Morgan fingerprint density at radius 3 is 2.63 bits per heavy atom. The van der Waals surface area contributed by atoms with Gasteiger partial charge in [-0.2, -0.15) is 0 Å². The van der Waals surface area contributed by atoms with Crippen LogP contribution in [0.5, 0.6) is 0 Å². The molecule has 1 aliphatic carbocycles. The molecule has 0 bridgehead atoms. The third kappa shape index (κ3) is 3.47. The fourth-order valence-corrected chi connectivity index (χ4v) is 3.16. The molecule has 1 atom stereocenters. The summed E-state index contributed by atoms with van der Waals surface area (Å²) in [5.41, 5.74) is 1.04. The Hall–Kier alpha value is -0.640. The third-order valence-electron chi connectivity index (χ3n) is 4.12. The van der Waals surface area contributed by atoms with Crippen molar-refractivity contribution in [1.82, 2.24) is 10.2 Å². The van der Waals surface area contributed by atoms with Gasteiger partial charge in [0.15, 0.2) is 0 Å². The van der Waals surface area contributed by atoms with Crippen molar-refractivity contribution in [2.24, 2.45) is 5.92 Å². The Morgan fingerprint density at radius 1 is 1.26 bits per heavy atom. The summed E-state index contributed by atoms with van der Waals surface area (Å²) in [6.45, 7) is 4.10. The molecule has 1 saturated heterocycles. The summed E-state index contributed by atoms with van der Waals surface area (Å²) in [4.78, 5) is 2.47. The van der Waals surface area contributed by atoms with Gasteiger partial charge >= 0.3 is 0 Å². The number of benzene rings is 1. The Morgan fingerprint density at radius 2 is 2.00 bits per heavy atom. The van der Waals surface area contributed by atoms with Gasteiger partial charge in [-0.15, -0.1) is 0 Å². The number of rotatable bonds is 4. The monoisotopic (exact) mass is 282 g/mol. The van der Waals surface area contributed by atoms with E-state index in [-0.39, 0.29) is 5.82 Å². The van der Waals surface area contributed by atoms with Crippen LogP contribution in [0.15, 0.2) is 18.2 Å². The second kappa shape index (κ2) is 5.78. The first-order valence-corrected chi connectivity index (χ1v) is 7.51. The quantitative estimate of drug-likeness (QED) is 0.912. The molecule has 0 unspecified atom stereocenters. The second-order valence-corrected chi connectivity index (χ2v) is 6.12. The van der Waals surface area contributed by atoms with Crippen molar-refractivity contribution in [3.8, 4) is 0 Å². The van der Waals surface area contributed by atoms with E-state index in [9.17, 15) is 4.39 Å². The van der Waals surface area contributed by atoms with Crippen LogP contribution in [0.4, 0.5) is 4.39 Å². The van der Waals surface area contributed by atoms with Crippen molar-refractivity contribution in [1.29, 1.82) is 0 Å². The molecule has 3 rings (SSSR count). The number of hydrogen-bond acceptors (Lipinski definition) is 2. The molecule has 19 heavy (non-hydrogen) atoms. The van der Waals surface area contributed by atoms with Crippen molar-refractivity contribution >= 4 is 11.6 Å². The van der Waals surface area contributed by atoms with E-state index >= 15 is 0 Å². The summed E-state index contributed by atoms with van der Waals surface area (Å²) in [5.74, 6) is 0.598. The van der Waals surface area contributed by atoms with Gasteiger partial charge in [0.25, 0.3) is 0 Å². The van der Waals surface area contributed by atoms with Crippen LogP contribution in [0.25, 0.3) is 0 Å². The fraction of sp³-hybridized carbons (Fsp3) is 0.600. The van der Waals surface area contributed by atoms with E-state index in [2.05, 4.69) is 10.2 Å². The van der Waals surface area contributed by atoms with E-state index in [0.29, 0.717) is 11.1 Å². The lowest BCUT2D eigenvalue weighted by molar-refractivity contribution is 0.160. The van der Waals surface area contributed by atoms with Crippen LogP contribution >= 0.6 is 11.6 Å². The van der Waals surface area contributed by atoms with Crippen molar-refractivity contribution < 1.29 is 4.39 Å². The lowest BCUT2D eigenvalue weighted by atomic mass is 9.98. The summed E-state index contributed by atoms with van der Waals surface area (Å²) in [7, 11) is 0. The van der Waals surface area contributed by atoms with Crippen LogP contribution in [0.1, 0.15) is 30.9 Å². The molecule has 4 heteroatoms. The normalized spacial score (nSPS) is 22.4. The zero-order valence-corrected chi connectivity index (χ0v) is 11.8. The summed E-state index contributed by atoms with van der Waals surface area (Å²) >= 11 is 6.01. The van der Waals surface area contributed by atoms with Gasteiger partial charge in [0.05, 0.1) is 0 Å². The van der Waals surface area contributed by atoms with Gasteiger partial charge in [-0.1, -0.05) is 24.4 Å². The van der Waals surface area contributed by atoms with Gasteiger partial charge in [0.1, 0.15) is 5.82 Å². The Balaban J connectivity index is 1.83. The third-order valence-corrected chi connectivity index (χ3v) is 4.33. The number of halogens is 2. The van der Waals surface area contributed by atoms with E-state index < -0.39 is 0 Å². The molecule has 1 N–H and O–H groups in total. The minimum atomic E-state index is -0.224. The van der Waals surface area contributed by atoms with E-state index in [4.69, 9.17) is 11.6 Å². The van der Waals surface area contributed by atoms with Crippen molar-refractivity contribution in [2.45, 2.75) is 25.3 Å². The highest BCUT2D eigenvalue weighted by Gasteiger charge is 2.30. The molecule has 0 spiro atoms. The summed E-state index contributed by atoms with van der Waals surface area (Å²) in [6, 6.07) is 5.29. The molecule has 1 saturated carbocycles. The van der Waals surface area contributed by atoms with Crippen LogP contribution in [0.3, 0.4) is 0 Å². The van der Waals surface area contributed by atoms with Crippen LogP contribution in [-0.2, 0) is 0 Å². The first-order valence-electron chi connectivity index (χ1n) is 7.13. The van der Waals surface area contributed by atoms with Gasteiger partial charge < -0.3 is 5.32 Å². The van der Waals surface area contributed by atoms with E-state index in [0.717, 1.165) is 44.1 Å². The fourth-order valence-electron chi connectivity index (χ4n) is 2.93. The van der Waals surface area contributed by atoms with E-state index in [1.165, 1.54) is 18.9 Å². The molecule has 1 aromatic carbocycles. The molecule has 0 amide bonds. The number of nitrogens with zero attached hydrogens (tertiary/aromatic N) is 1. The first-order chi connectivity index (χ1) is 9.22. The minimum absolute atomic E-state index is 0.224. The molecule has 1 aliphatic heterocycles. The highest BCUT2D eigenvalue weighted by Crippen LogP contribution is 2.40. The summed E-state index contributed by atoms with van der Waals surface area (Å²) < 4.78 is 13.6. The lowest BCUT2D eigenvalue weighted by Crippen LogP contribution is -2.45. The zero-order chi connectivity index (χ0) is 13.2. The Labute approximate surface area is 118 Å². The average molecular weight is 283 g/mol. The maximum Gasteiger partial charge on any atom is 0.125 e. The predicted octanol–water partition coefficient (Wildman–Crippen LogP) is 3.23. The molecule has 2 aliphatic rings. The molecule has 0 radical (unpaired) electrons. The highest BCUT2D eigenvalue weighted by atomic mass is 35.5. The SMILES string of the molecule is Fc1cc(Cl)cc([C@H](CC2CC2)N2CCNCC2)c1. The number of nitrogens with one attached hydrogen (secondary N) is 1. The molecule has 1 aromatic rings. The lowest BCUT2D eigenvalue weighted by Gasteiger charge is -2.35. The summed E-state index contributed by atoms with van der Waals surface area (Å²) in [5, 5.41) is 3.88. The van der Waals surface area contributed by atoms with E-state index in [1.807, 2.05) is 6.07 Å². The average Bonchev–Trinajstić information content (AvgIpc) is 3.20. The van der Waals surface area contributed by atoms with Gasteiger partial charge in [-0.3, -0.25) is 4.90 Å². The van der Waals surface area contributed by atoms with Crippen LogP contribution in [-0.4, -0.2) is 31.1 Å². The Kier molecular flexibility index (Phi) is 4.06.